The second-order valence-electron chi connectivity index (χ2n) is 8.40. The molecule has 2 aromatic carbocycles. The molecular formula is C26H32N4O2. The van der Waals surface area contributed by atoms with Crippen molar-refractivity contribution >= 4 is 17.5 Å². The van der Waals surface area contributed by atoms with E-state index < -0.39 is 0 Å². The summed E-state index contributed by atoms with van der Waals surface area (Å²) in [6.07, 6.45) is 3.98. The van der Waals surface area contributed by atoms with Crippen LogP contribution in [0.3, 0.4) is 0 Å². The molecule has 3 rings (SSSR count). The van der Waals surface area contributed by atoms with Crippen LogP contribution >= 0.6 is 0 Å². The number of hydrogen-bond acceptors (Lipinski definition) is 3. The van der Waals surface area contributed by atoms with Gasteiger partial charge in [-0.3, -0.25) is 14.7 Å². The van der Waals surface area contributed by atoms with Crippen molar-refractivity contribution < 1.29 is 9.59 Å². The van der Waals surface area contributed by atoms with Crippen LogP contribution in [0.4, 0.5) is 5.69 Å². The number of carbonyl (C=O) groups is 2. The molecule has 0 saturated heterocycles. The van der Waals surface area contributed by atoms with E-state index in [2.05, 4.69) is 33.7 Å². The van der Waals surface area contributed by atoms with Gasteiger partial charge in [0.1, 0.15) is 0 Å². The number of H-pyrrole nitrogens is 1. The normalized spacial score (nSPS) is 10.9. The van der Waals surface area contributed by atoms with Crippen LogP contribution in [0.2, 0.25) is 0 Å². The standard InChI is InChI=1S/C26H32N4O2/c1-19(2)25(31)27-22-15-13-21(14-16-22)26(32)30(3)17-9-5-8-12-23-18-24(29-28-23)20-10-6-4-7-11-20/h4,6-7,10-11,13-16,18-19H,5,8-9,12,17H2,1-3H3,(H,27,31)(H,28,29). The highest BCUT2D eigenvalue weighted by atomic mass is 16.2. The number of amides is 2. The SMILES string of the molecule is CC(C)C(=O)Nc1ccc(C(=O)N(C)CCCCCc2cc(-c3ccccc3)n[nH]2)cc1. The molecule has 0 aliphatic carbocycles. The summed E-state index contributed by atoms with van der Waals surface area (Å²) in [5.74, 6) is -0.123. The number of aromatic nitrogens is 2. The molecule has 3 aromatic rings. The fraction of sp³-hybridized carbons (Fsp3) is 0.346. The van der Waals surface area contributed by atoms with Crippen LogP contribution < -0.4 is 5.32 Å². The molecule has 0 saturated carbocycles. The van der Waals surface area contributed by atoms with Gasteiger partial charge >= 0.3 is 0 Å². The topological polar surface area (TPSA) is 78.1 Å². The van der Waals surface area contributed by atoms with E-state index in [-0.39, 0.29) is 17.7 Å². The maximum atomic E-state index is 12.6. The zero-order valence-corrected chi connectivity index (χ0v) is 19.1. The van der Waals surface area contributed by atoms with Gasteiger partial charge in [0.2, 0.25) is 5.91 Å². The summed E-state index contributed by atoms with van der Waals surface area (Å²) in [5.41, 5.74) is 4.56. The predicted octanol–water partition coefficient (Wildman–Crippen LogP) is 5.16. The molecular weight excluding hydrogens is 400 g/mol. The second kappa shape index (κ2) is 11.3. The third kappa shape index (κ3) is 6.54. The Bertz CT molecular complexity index is 1010. The Hall–Kier alpha value is -3.41. The Morgan fingerprint density at radius 2 is 1.72 bits per heavy atom. The summed E-state index contributed by atoms with van der Waals surface area (Å²) in [5, 5.41) is 10.4. The number of aryl methyl sites for hydroxylation is 1. The number of nitrogens with one attached hydrogen (secondary N) is 2. The molecule has 32 heavy (non-hydrogen) atoms. The summed E-state index contributed by atoms with van der Waals surface area (Å²) in [7, 11) is 1.83. The van der Waals surface area contributed by atoms with Gasteiger partial charge in [-0.25, -0.2) is 0 Å². The van der Waals surface area contributed by atoms with E-state index in [1.54, 1.807) is 29.2 Å². The number of unbranched alkanes of at least 4 members (excludes halogenated alkanes) is 2. The first kappa shape index (κ1) is 23.3. The van der Waals surface area contributed by atoms with Crippen LogP contribution in [0.15, 0.2) is 60.7 Å². The van der Waals surface area contributed by atoms with E-state index in [0.29, 0.717) is 17.8 Å². The molecule has 1 aromatic heterocycles. The maximum Gasteiger partial charge on any atom is 0.253 e. The Morgan fingerprint density at radius 1 is 1.00 bits per heavy atom. The highest BCUT2D eigenvalue weighted by Crippen LogP contribution is 2.18. The quantitative estimate of drug-likeness (QED) is 0.435. The molecule has 0 atom stereocenters. The Labute approximate surface area is 190 Å². The summed E-state index contributed by atoms with van der Waals surface area (Å²) >= 11 is 0. The largest absolute Gasteiger partial charge is 0.342 e. The number of hydrogen-bond donors (Lipinski definition) is 2. The average Bonchev–Trinajstić information content (AvgIpc) is 3.28. The average molecular weight is 433 g/mol. The summed E-state index contributed by atoms with van der Waals surface area (Å²) in [4.78, 5) is 26.2. The van der Waals surface area contributed by atoms with Crippen LogP contribution in [0.5, 0.6) is 0 Å². The molecule has 0 fully saturated rings. The number of anilines is 1. The van der Waals surface area contributed by atoms with Crippen molar-refractivity contribution in [3.8, 4) is 11.3 Å². The molecule has 0 unspecified atom stereocenters. The van der Waals surface area contributed by atoms with Gasteiger partial charge in [-0.1, -0.05) is 50.6 Å². The second-order valence-corrected chi connectivity index (χ2v) is 8.40. The lowest BCUT2D eigenvalue weighted by Gasteiger charge is -2.17. The molecule has 168 valence electrons. The van der Waals surface area contributed by atoms with E-state index in [1.165, 1.54) is 0 Å². The van der Waals surface area contributed by atoms with E-state index in [4.69, 9.17) is 0 Å². The fourth-order valence-electron chi connectivity index (χ4n) is 3.39. The third-order valence-electron chi connectivity index (χ3n) is 5.41. The van der Waals surface area contributed by atoms with Gasteiger partial charge in [-0.05, 0) is 49.6 Å². The molecule has 2 amide bonds. The minimum Gasteiger partial charge on any atom is -0.342 e. The van der Waals surface area contributed by atoms with Crippen molar-refractivity contribution in [1.82, 2.24) is 15.1 Å². The van der Waals surface area contributed by atoms with Gasteiger partial charge in [-0.2, -0.15) is 5.10 Å². The third-order valence-corrected chi connectivity index (χ3v) is 5.41. The molecule has 0 spiro atoms. The van der Waals surface area contributed by atoms with E-state index in [1.807, 2.05) is 39.1 Å². The number of rotatable bonds is 10. The molecule has 0 radical (unpaired) electrons. The van der Waals surface area contributed by atoms with Gasteiger partial charge in [0, 0.05) is 42.0 Å². The Kier molecular flexibility index (Phi) is 8.20. The molecule has 0 aliphatic heterocycles. The van der Waals surface area contributed by atoms with Gasteiger partial charge in [0.15, 0.2) is 0 Å². The molecule has 0 aliphatic rings. The summed E-state index contributed by atoms with van der Waals surface area (Å²) < 4.78 is 0. The van der Waals surface area contributed by atoms with Crippen molar-refractivity contribution in [3.05, 3.63) is 71.9 Å². The van der Waals surface area contributed by atoms with E-state index >= 15 is 0 Å². The van der Waals surface area contributed by atoms with Crippen molar-refractivity contribution in [3.63, 3.8) is 0 Å². The smallest absolute Gasteiger partial charge is 0.253 e. The molecule has 6 heteroatoms. The van der Waals surface area contributed by atoms with Crippen LogP contribution in [-0.2, 0) is 11.2 Å². The summed E-state index contributed by atoms with van der Waals surface area (Å²) in [6.45, 7) is 4.40. The van der Waals surface area contributed by atoms with Crippen LogP contribution in [0, 0.1) is 5.92 Å². The first-order valence-electron chi connectivity index (χ1n) is 11.2. The lowest BCUT2D eigenvalue weighted by atomic mass is 10.1. The van der Waals surface area contributed by atoms with Gasteiger partial charge in [-0.15, -0.1) is 0 Å². The van der Waals surface area contributed by atoms with Crippen molar-refractivity contribution in [2.45, 2.75) is 39.5 Å². The minimum atomic E-state index is -0.0818. The summed E-state index contributed by atoms with van der Waals surface area (Å²) in [6, 6.07) is 19.3. The lowest BCUT2D eigenvalue weighted by Crippen LogP contribution is -2.27. The Balaban J connectivity index is 1.38. The van der Waals surface area contributed by atoms with Crippen LogP contribution in [0.1, 0.15) is 49.2 Å². The van der Waals surface area contributed by atoms with Gasteiger partial charge in [0.25, 0.3) is 5.91 Å². The maximum absolute atomic E-state index is 12.6. The van der Waals surface area contributed by atoms with Crippen molar-refractivity contribution in [1.29, 1.82) is 0 Å². The fourth-order valence-corrected chi connectivity index (χ4v) is 3.39. The van der Waals surface area contributed by atoms with Crippen LogP contribution in [-0.4, -0.2) is 40.5 Å². The van der Waals surface area contributed by atoms with Crippen LogP contribution in [0.25, 0.3) is 11.3 Å². The first-order chi connectivity index (χ1) is 15.4. The van der Waals surface area contributed by atoms with E-state index in [0.717, 1.165) is 42.6 Å². The van der Waals surface area contributed by atoms with E-state index in [9.17, 15) is 9.59 Å². The Morgan fingerprint density at radius 3 is 2.41 bits per heavy atom. The minimum absolute atomic E-state index is 0.00666. The van der Waals surface area contributed by atoms with Crippen molar-refractivity contribution in [2.75, 3.05) is 18.9 Å². The first-order valence-corrected chi connectivity index (χ1v) is 11.2. The lowest BCUT2D eigenvalue weighted by molar-refractivity contribution is -0.118. The highest BCUT2D eigenvalue weighted by Gasteiger charge is 2.12. The highest BCUT2D eigenvalue weighted by molar-refractivity contribution is 5.96. The van der Waals surface area contributed by atoms with Gasteiger partial charge < -0.3 is 10.2 Å². The molecule has 2 N–H and O–H groups in total. The molecule has 0 bridgehead atoms. The zero-order valence-electron chi connectivity index (χ0n) is 19.1. The van der Waals surface area contributed by atoms with Gasteiger partial charge in [0.05, 0.1) is 5.69 Å². The number of nitrogens with zero attached hydrogens (tertiary/aromatic N) is 2. The van der Waals surface area contributed by atoms with Crippen molar-refractivity contribution in [2.24, 2.45) is 5.92 Å². The monoisotopic (exact) mass is 432 g/mol. The zero-order chi connectivity index (χ0) is 22.9. The predicted molar refractivity (Wildman–Crippen MR) is 128 cm³/mol. The number of aromatic amines is 1. The number of carbonyl (C=O) groups excluding carboxylic acids is 2. The molecule has 1 heterocycles. The molecule has 6 nitrogen and oxygen atoms in total. The number of benzene rings is 2.